The van der Waals surface area contributed by atoms with Gasteiger partial charge in [0.2, 0.25) is 0 Å². The normalized spacial score (nSPS) is 17.9. The maximum absolute atomic E-state index is 13.2. The lowest BCUT2D eigenvalue weighted by molar-refractivity contribution is 0.0496. The highest BCUT2D eigenvalue weighted by atomic mass is 32.2. The van der Waals surface area contributed by atoms with Gasteiger partial charge in [0.05, 0.1) is 18.3 Å². The molecule has 1 aliphatic carbocycles. The van der Waals surface area contributed by atoms with E-state index in [-0.39, 0.29) is 6.23 Å². The summed E-state index contributed by atoms with van der Waals surface area (Å²) in [6.07, 6.45) is 5.26. The van der Waals surface area contributed by atoms with Gasteiger partial charge in [0.15, 0.2) is 6.23 Å². The number of carbonyl (C=O) groups is 1. The predicted octanol–water partition coefficient (Wildman–Crippen LogP) is 4.80. The maximum Gasteiger partial charge on any atom is 0.303 e. The third-order valence-corrected chi connectivity index (χ3v) is 8.76. The summed E-state index contributed by atoms with van der Waals surface area (Å²) in [5.41, 5.74) is 5.41. The van der Waals surface area contributed by atoms with E-state index in [4.69, 9.17) is 9.47 Å². The second-order valence-corrected chi connectivity index (χ2v) is 11.6. The molecule has 0 radical (unpaired) electrons. The van der Waals surface area contributed by atoms with Crippen LogP contribution in [0.4, 0.5) is 0 Å². The Bertz CT molecular complexity index is 1420. The number of hydrogen-bond acceptors (Lipinski definition) is 5. The highest BCUT2D eigenvalue weighted by Crippen LogP contribution is 2.48. The fourth-order valence-corrected chi connectivity index (χ4v) is 6.06. The van der Waals surface area contributed by atoms with E-state index in [1.54, 1.807) is 13.2 Å². The highest BCUT2D eigenvalue weighted by molar-refractivity contribution is 7.87. The van der Waals surface area contributed by atoms with Crippen molar-refractivity contribution in [3.8, 4) is 17.0 Å². The van der Waals surface area contributed by atoms with Gasteiger partial charge in [0.25, 0.3) is 5.91 Å². The van der Waals surface area contributed by atoms with Crippen LogP contribution in [0.5, 0.6) is 5.75 Å². The van der Waals surface area contributed by atoms with E-state index in [0.29, 0.717) is 18.1 Å². The molecule has 192 valence electrons. The van der Waals surface area contributed by atoms with E-state index in [1.807, 2.05) is 25.1 Å². The fraction of sp³-hybridized carbons (Fsp3) is 0.444. The van der Waals surface area contributed by atoms with Crippen molar-refractivity contribution in [3.05, 3.63) is 53.1 Å². The van der Waals surface area contributed by atoms with Gasteiger partial charge in [-0.1, -0.05) is 19.3 Å². The first kappa shape index (κ1) is 24.8. The SMILES string of the molecule is CCOC1c2cc(OC)ccc2-c2cc3c(C4CCCCC4)cc(C(=O)NS(=O)(=O)N(C)C)cc3n21. The first-order valence-corrected chi connectivity index (χ1v) is 13.9. The second kappa shape index (κ2) is 9.53. The monoisotopic (exact) mass is 511 g/mol. The Morgan fingerprint density at radius 2 is 1.83 bits per heavy atom. The van der Waals surface area contributed by atoms with Crippen LogP contribution in [-0.2, 0) is 14.9 Å². The van der Waals surface area contributed by atoms with Crippen molar-refractivity contribution >= 4 is 27.0 Å². The highest BCUT2D eigenvalue weighted by Gasteiger charge is 2.33. The van der Waals surface area contributed by atoms with Crippen LogP contribution in [0.3, 0.4) is 0 Å². The standard InChI is InChI=1S/C27H33N3O5S/c1-5-35-27-23-15-19(34-4)11-12-20(23)25-16-22-21(17-9-7-6-8-10-17)13-18(14-24(22)30(25)27)26(31)28-36(32,33)29(2)3/h11-17,27H,5-10H2,1-4H3,(H,28,31). The number of nitrogens with zero attached hydrogens (tertiary/aromatic N) is 2. The van der Waals surface area contributed by atoms with Crippen LogP contribution in [0, 0.1) is 0 Å². The largest absolute Gasteiger partial charge is 0.497 e. The third-order valence-electron chi connectivity index (χ3n) is 7.36. The number of aromatic nitrogens is 1. The molecule has 1 saturated carbocycles. The van der Waals surface area contributed by atoms with Gasteiger partial charge in [-0.05, 0) is 67.6 Å². The van der Waals surface area contributed by atoms with Crippen molar-refractivity contribution in [2.24, 2.45) is 0 Å². The summed E-state index contributed by atoms with van der Waals surface area (Å²) >= 11 is 0. The van der Waals surface area contributed by atoms with Crippen LogP contribution in [-0.4, -0.2) is 51.0 Å². The Morgan fingerprint density at radius 3 is 2.50 bits per heavy atom. The van der Waals surface area contributed by atoms with Gasteiger partial charge in [-0.2, -0.15) is 12.7 Å². The first-order valence-electron chi connectivity index (χ1n) is 12.5. The molecule has 1 unspecified atom stereocenters. The maximum atomic E-state index is 13.2. The molecule has 1 aliphatic heterocycles. The Labute approximate surface area is 212 Å². The zero-order valence-corrected chi connectivity index (χ0v) is 22.0. The molecule has 1 atom stereocenters. The molecule has 2 heterocycles. The van der Waals surface area contributed by atoms with Crippen LogP contribution in [0.15, 0.2) is 36.4 Å². The lowest BCUT2D eigenvalue weighted by Gasteiger charge is -2.24. The second-order valence-electron chi connectivity index (χ2n) is 9.71. The molecule has 5 rings (SSSR count). The first-order chi connectivity index (χ1) is 17.2. The molecule has 8 nitrogen and oxygen atoms in total. The Balaban J connectivity index is 1.71. The Morgan fingerprint density at radius 1 is 1.08 bits per heavy atom. The number of ether oxygens (including phenoxy) is 2. The molecule has 0 saturated heterocycles. The Hall–Kier alpha value is -2.88. The van der Waals surface area contributed by atoms with Gasteiger partial charge < -0.3 is 14.0 Å². The van der Waals surface area contributed by atoms with Crippen molar-refractivity contribution in [1.82, 2.24) is 13.6 Å². The van der Waals surface area contributed by atoms with Crippen LogP contribution < -0.4 is 9.46 Å². The van der Waals surface area contributed by atoms with Crippen molar-refractivity contribution in [1.29, 1.82) is 0 Å². The number of benzene rings is 2. The minimum atomic E-state index is -3.92. The zero-order valence-electron chi connectivity index (χ0n) is 21.2. The minimum absolute atomic E-state index is 0.323. The number of amides is 1. The third kappa shape index (κ3) is 4.19. The Kier molecular flexibility index (Phi) is 6.57. The molecule has 1 fully saturated rings. The molecular formula is C27H33N3O5S. The van der Waals surface area contributed by atoms with Gasteiger partial charge in [-0.25, -0.2) is 4.72 Å². The smallest absolute Gasteiger partial charge is 0.303 e. The predicted molar refractivity (Wildman–Crippen MR) is 140 cm³/mol. The summed E-state index contributed by atoms with van der Waals surface area (Å²) in [6.45, 7) is 2.47. The molecule has 1 amide bonds. The lowest BCUT2D eigenvalue weighted by Crippen LogP contribution is -2.39. The molecule has 0 spiro atoms. The number of nitrogens with one attached hydrogen (secondary N) is 1. The molecule has 36 heavy (non-hydrogen) atoms. The quantitative estimate of drug-likeness (QED) is 0.492. The minimum Gasteiger partial charge on any atom is -0.497 e. The molecule has 2 aliphatic rings. The zero-order chi connectivity index (χ0) is 25.6. The van der Waals surface area contributed by atoms with Gasteiger partial charge in [-0.15, -0.1) is 0 Å². The fourth-order valence-electron chi connectivity index (χ4n) is 5.53. The number of fused-ring (bicyclic) bond motifs is 5. The average molecular weight is 512 g/mol. The van der Waals surface area contributed by atoms with Crippen molar-refractivity contribution in [2.75, 3.05) is 27.8 Å². The van der Waals surface area contributed by atoms with E-state index in [2.05, 4.69) is 21.4 Å². The van der Waals surface area contributed by atoms with Gasteiger partial charge in [0, 0.05) is 42.8 Å². The number of hydrogen-bond donors (Lipinski definition) is 1. The number of carbonyl (C=O) groups excluding carboxylic acids is 1. The molecule has 1 aromatic heterocycles. The van der Waals surface area contributed by atoms with Gasteiger partial charge in [-0.3, -0.25) is 4.79 Å². The number of rotatable bonds is 7. The van der Waals surface area contributed by atoms with E-state index < -0.39 is 16.1 Å². The van der Waals surface area contributed by atoms with E-state index in [1.165, 1.54) is 20.5 Å². The summed E-state index contributed by atoms with van der Waals surface area (Å²) in [7, 11) is 0.513. The van der Waals surface area contributed by atoms with E-state index in [0.717, 1.165) is 69.0 Å². The molecule has 9 heteroatoms. The van der Waals surface area contributed by atoms with Crippen molar-refractivity contribution in [3.63, 3.8) is 0 Å². The van der Waals surface area contributed by atoms with Crippen LogP contribution in [0.2, 0.25) is 0 Å². The lowest BCUT2D eigenvalue weighted by atomic mass is 9.82. The summed E-state index contributed by atoms with van der Waals surface area (Å²) in [4.78, 5) is 13.2. The summed E-state index contributed by atoms with van der Waals surface area (Å²) in [5.74, 6) is 0.442. The van der Waals surface area contributed by atoms with Gasteiger partial charge in [0.1, 0.15) is 5.75 Å². The summed E-state index contributed by atoms with van der Waals surface area (Å²) < 4.78 is 41.8. The molecule has 0 bridgehead atoms. The molecular weight excluding hydrogens is 478 g/mol. The summed E-state index contributed by atoms with van der Waals surface area (Å²) in [6, 6.07) is 11.9. The van der Waals surface area contributed by atoms with Crippen LogP contribution >= 0.6 is 0 Å². The van der Waals surface area contributed by atoms with Crippen LogP contribution in [0.25, 0.3) is 22.2 Å². The van der Waals surface area contributed by atoms with E-state index >= 15 is 0 Å². The molecule has 3 aromatic rings. The van der Waals surface area contributed by atoms with Crippen molar-refractivity contribution in [2.45, 2.75) is 51.2 Å². The van der Waals surface area contributed by atoms with E-state index in [9.17, 15) is 13.2 Å². The van der Waals surface area contributed by atoms with Gasteiger partial charge >= 0.3 is 10.2 Å². The topological polar surface area (TPSA) is 89.9 Å². The van der Waals surface area contributed by atoms with Crippen molar-refractivity contribution < 1.29 is 22.7 Å². The summed E-state index contributed by atoms with van der Waals surface area (Å²) in [5, 5.41) is 1.09. The van der Waals surface area contributed by atoms with Crippen LogP contribution in [0.1, 0.15) is 72.7 Å². The number of methoxy groups -OCH3 is 1. The molecule has 1 N–H and O–H groups in total. The average Bonchev–Trinajstić information content (AvgIpc) is 3.38. The molecule has 2 aromatic carbocycles.